The number of aromatic nitrogens is 2. The number of rotatable bonds is 6. The molecular formula is C60H59N4OPtSi-3. The van der Waals surface area contributed by atoms with Crippen LogP contribution >= 0.6 is 0 Å². The van der Waals surface area contributed by atoms with E-state index in [-0.39, 0.29) is 26.5 Å². The quantitative estimate of drug-likeness (QED) is 0.123. The van der Waals surface area contributed by atoms with Crippen LogP contribution in [0.25, 0.3) is 38.8 Å². The van der Waals surface area contributed by atoms with E-state index in [0.29, 0.717) is 22.8 Å². The molecule has 8 aromatic rings. The van der Waals surface area contributed by atoms with Crippen LogP contribution in [0.3, 0.4) is 0 Å². The zero-order valence-corrected chi connectivity index (χ0v) is 42.9. The second kappa shape index (κ2) is 16.7. The largest absolute Gasteiger partial charge is 0.509 e. The average molecular weight is 1080 g/mol. The van der Waals surface area contributed by atoms with E-state index in [2.05, 4.69) is 195 Å². The third-order valence-corrected chi connectivity index (χ3v) is 19.5. The number of nitrogens with zero attached hydrogens (tertiary/aromatic N) is 4. The molecule has 12 rings (SSSR count). The van der Waals surface area contributed by atoms with E-state index < -0.39 is 8.07 Å². The van der Waals surface area contributed by atoms with Gasteiger partial charge in [0.2, 0.25) is 0 Å². The van der Waals surface area contributed by atoms with Crippen LogP contribution in [0.2, 0.25) is 13.1 Å². The van der Waals surface area contributed by atoms with Crippen LogP contribution in [0.4, 0.5) is 22.7 Å². The minimum atomic E-state index is -2.11. The van der Waals surface area contributed by atoms with E-state index in [1.54, 1.807) is 0 Å². The second-order valence-corrected chi connectivity index (χ2v) is 25.7. The van der Waals surface area contributed by atoms with Gasteiger partial charge in [0, 0.05) is 61.3 Å². The Kier molecular flexibility index (Phi) is 11.0. The number of ether oxygens (including phenoxy) is 1. The molecule has 6 aromatic carbocycles. The molecule has 2 saturated carbocycles. The molecule has 342 valence electrons. The molecule has 0 unspecified atom stereocenters. The van der Waals surface area contributed by atoms with Gasteiger partial charge in [0.05, 0.1) is 8.07 Å². The van der Waals surface area contributed by atoms with Gasteiger partial charge in [-0.05, 0) is 131 Å². The van der Waals surface area contributed by atoms with E-state index >= 15 is 0 Å². The van der Waals surface area contributed by atoms with Gasteiger partial charge >= 0.3 is 0 Å². The average Bonchev–Trinajstić information content (AvgIpc) is 3.88. The summed E-state index contributed by atoms with van der Waals surface area (Å²) in [5.74, 6) is 2.83. The smallest absolute Gasteiger partial charge is 0.135 e. The summed E-state index contributed by atoms with van der Waals surface area (Å²) in [6.45, 7) is 16.2. The number of hydrogen-bond donors (Lipinski definition) is 0. The van der Waals surface area contributed by atoms with Crippen molar-refractivity contribution in [2.24, 2.45) is 5.41 Å². The zero-order valence-electron chi connectivity index (χ0n) is 39.7. The molecule has 0 bridgehead atoms. The predicted molar refractivity (Wildman–Crippen MR) is 277 cm³/mol. The first-order valence-corrected chi connectivity index (χ1v) is 27.4. The van der Waals surface area contributed by atoms with Crippen LogP contribution < -0.4 is 24.9 Å². The van der Waals surface area contributed by atoms with E-state index in [1.807, 2.05) is 6.20 Å². The maximum atomic E-state index is 7.09. The van der Waals surface area contributed by atoms with Gasteiger partial charge in [-0.2, -0.15) is 6.07 Å². The van der Waals surface area contributed by atoms with Gasteiger partial charge < -0.3 is 19.1 Å². The Morgan fingerprint density at radius 1 is 0.731 bits per heavy atom. The fourth-order valence-electron chi connectivity index (χ4n) is 12.3. The van der Waals surface area contributed by atoms with Gasteiger partial charge in [0.15, 0.2) is 0 Å². The molecule has 5 nitrogen and oxygen atoms in total. The summed E-state index contributed by atoms with van der Waals surface area (Å²) < 4.78 is 9.38. The monoisotopic (exact) mass is 1070 g/mol. The van der Waals surface area contributed by atoms with E-state index in [9.17, 15) is 0 Å². The van der Waals surface area contributed by atoms with Crippen LogP contribution in [0, 0.1) is 31.1 Å². The summed E-state index contributed by atoms with van der Waals surface area (Å²) >= 11 is 0. The predicted octanol–water partition coefficient (Wildman–Crippen LogP) is 15.0. The Labute approximate surface area is 412 Å². The normalized spacial score (nSPS) is 17.4. The van der Waals surface area contributed by atoms with E-state index in [4.69, 9.17) is 9.72 Å². The number of fused-ring (bicyclic) bond motifs is 5. The van der Waals surface area contributed by atoms with Gasteiger partial charge in [-0.25, -0.2) is 4.98 Å². The summed E-state index contributed by atoms with van der Waals surface area (Å²) in [5, 5.41) is 5.12. The maximum Gasteiger partial charge on any atom is 0.135 e. The fourth-order valence-corrected chi connectivity index (χ4v) is 15.2. The molecule has 2 aliphatic heterocycles. The SMILES string of the molecule is Cc1cc(C2CCC3(CCCCC3)CC2)ccc1-c1cc(Oc2[c-]c3c(cc2)[Si](C)(C)c2cccc4c2N3[CH-]N4c2ccccc2)[c-]c2c1c1ccccc1n2-c1cc(C(C)(C)C)ccn1.[Pt]. The number of hydrogen-bond acceptors (Lipinski definition) is 4. The Hall–Kier alpha value is -5.42. The molecule has 0 atom stereocenters. The summed E-state index contributed by atoms with van der Waals surface area (Å²) in [6, 6.07) is 52.2. The van der Waals surface area contributed by atoms with Crippen molar-refractivity contribution in [2.75, 3.05) is 9.80 Å². The molecule has 2 aromatic heterocycles. The summed E-state index contributed by atoms with van der Waals surface area (Å²) in [4.78, 5) is 9.69. The number of anilines is 4. The van der Waals surface area contributed by atoms with Crippen molar-refractivity contribution in [2.45, 2.75) is 110 Å². The molecule has 1 spiro atoms. The Bertz CT molecular complexity index is 3190. The summed E-state index contributed by atoms with van der Waals surface area (Å²) in [5.41, 5.74) is 13.7. The Morgan fingerprint density at radius 2 is 1.51 bits per heavy atom. The minimum Gasteiger partial charge on any atom is -0.509 e. The number of para-hydroxylation sites is 3. The van der Waals surface area contributed by atoms with Gasteiger partial charge in [0.1, 0.15) is 5.82 Å². The summed E-state index contributed by atoms with van der Waals surface area (Å²) in [7, 11) is -2.11. The van der Waals surface area contributed by atoms with Gasteiger partial charge in [-0.15, -0.1) is 41.7 Å². The number of benzene rings is 6. The first-order valence-electron chi connectivity index (χ1n) is 24.4. The third-order valence-electron chi connectivity index (χ3n) is 16.0. The van der Waals surface area contributed by atoms with Crippen LogP contribution in [0.5, 0.6) is 11.5 Å². The molecule has 4 heterocycles. The minimum absolute atomic E-state index is 0. The second-order valence-electron chi connectivity index (χ2n) is 21.4. The Balaban J connectivity index is 0.00000494. The molecule has 2 fully saturated rings. The fraction of sp³-hybridized carbons (Fsp3) is 0.300. The van der Waals surface area contributed by atoms with Crippen LogP contribution in [-0.4, -0.2) is 17.6 Å². The number of aryl methyl sites for hydroxylation is 1. The zero-order chi connectivity index (χ0) is 45.0. The van der Waals surface area contributed by atoms with Gasteiger partial charge in [0.25, 0.3) is 0 Å². The standard InChI is InChI=1S/C60H59N4OSi.Pt/c1-40-34-42(41-26-31-60(32-27-41)29-13-8-14-30-60)22-24-47(40)49-36-46(38-53-57(49)48-18-11-12-19-50(48)64(53)56-35-43(28-33-61-56)59(2,3)4)65-45-23-25-54-52(37-45)63-39-62(44-16-9-7-10-17-44)51-20-15-21-55(58(51)63)66(54,5)6;/h7,9-12,15-25,28,33-36,39,41H,8,13-14,26-27,29-32H2,1-6H3;/q-3;. The molecule has 7 heteroatoms. The molecule has 2 aliphatic carbocycles. The molecule has 0 N–H and O–H groups in total. The van der Waals surface area contributed by atoms with Crippen molar-refractivity contribution in [3.63, 3.8) is 0 Å². The van der Waals surface area contributed by atoms with Crippen molar-refractivity contribution in [3.05, 3.63) is 163 Å². The van der Waals surface area contributed by atoms with Gasteiger partial charge in [-0.3, -0.25) is 0 Å². The maximum absolute atomic E-state index is 7.09. The van der Waals surface area contributed by atoms with Crippen molar-refractivity contribution in [1.29, 1.82) is 0 Å². The van der Waals surface area contributed by atoms with Crippen LogP contribution in [0.1, 0.15) is 101 Å². The molecule has 0 radical (unpaired) electrons. The third kappa shape index (κ3) is 7.40. The Morgan fingerprint density at radius 3 is 2.28 bits per heavy atom. The van der Waals surface area contributed by atoms with Crippen LogP contribution in [0.15, 0.2) is 128 Å². The molecule has 4 aliphatic rings. The van der Waals surface area contributed by atoms with Crippen molar-refractivity contribution in [3.8, 4) is 28.4 Å². The van der Waals surface area contributed by atoms with E-state index in [0.717, 1.165) is 39.2 Å². The number of pyridine rings is 1. The van der Waals surface area contributed by atoms with Crippen LogP contribution in [-0.2, 0) is 26.5 Å². The first-order chi connectivity index (χ1) is 32.0. The van der Waals surface area contributed by atoms with E-state index in [1.165, 1.54) is 107 Å². The molecule has 0 amide bonds. The molecule has 0 saturated heterocycles. The summed E-state index contributed by atoms with van der Waals surface area (Å²) in [6.07, 6.45) is 14.5. The molecular weight excluding hydrogens is 1020 g/mol. The first kappa shape index (κ1) is 44.1. The van der Waals surface area contributed by atoms with Crippen molar-refractivity contribution in [1.82, 2.24) is 9.55 Å². The molecule has 67 heavy (non-hydrogen) atoms. The van der Waals surface area contributed by atoms with Crippen molar-refractivity contribution < 1.29 is 25.8 Å². The van der Waals surface area contributed by atoms with Crippen molar-refractivity contribution >= 4 is 63.0 Å². The van der Waals surface area contributed by atoms with Gasteiger partial charge in [-0.1, -0.05) is 136 Å². The topological polar surface area (TPSA) is 33.5 Å².